The van der Waals surface area contributed by atoms with Gasteiger partial charge in [-0.3, -0.25) is 9.78 Å². The van der Waals surface area contributed by atoms with Gasteiger partial charge in [-0.05, 0) is 43.3 Å². The first-order valence-corrected chi connectivity index (χ1v) is 8.64. The highest BCUT2D eigenvalue weighted by molar-refractivity contribution is 6.31. The maximum Gasteiger partial charge on any atom is 0.289 e. The van der Waals surface area contributed by atoms with E-state index in [4.69, 9.17) is 16.0 Å². The minimum absolute atomic E-state index is 0.0425. The van der Waals surface area contributed by atoms with Crippen LogP contribution in [0.5, 0.6) is 0 Å². The number of pyridine rings is 1. The quantitative estimate of drug-likeness (QED) is 0.702. The Morgan fingerprint density at radius 3 is 2.64 bits per heavy atom. The van der Waals surface area contributed by atoms with Gasteiger partial charge in [0.1, 0.15) is 5.76 Å². The van der Waals surface area contributed by atoms with Crippen molar-refractivity contribution in [3.63, 3.8) is 0 Å². The third kappa shape index (κ3) is 3.07. The number of benzene rings is 1. The molecule has 3 aromatic rings. The highest BCUT2D eigenvalue weighted by Gasteiger charge is 2.24. The number of aromatic nitrogens is 1. The van der Waals surface area contributed by atoms with Crippen molar-refractivity contribution in [3.05, 3.63) is 59.1 Å². The Morgan fingerprint density at radius 1 is 1.12 bits per heavy atom. The second-order valence-corrected chi connectivity index (χ2v) is 6.62. The largest absolute Gasteiger partial charge is 0.456 e. The van der Waals surface area contributed by atoms with Crippen LogP contribution in [0, 0.1) is 6.92 Å². The van der Waals surface area contributed by atoms with E-state index in [0.29, 0.717) is 23.9 Å². The molecule has 2 aromatic heterocycles. The number of furan rings is 1. The summed E-state index contributed by atoms with van der Waals surface area (Å²) in [5, 5.41) is 1.76. The molecule has 0 unspecified atom stereocenters. The van der Waals surface area contributed by atoms with Crippen molar-refractivity contribution < 1.29 is 9.21 Å². The Balaban J connectivity index is 1.51. The van der Waals surface area contributed by atoms with Crippen LogP contribution in [0.4, 0.5) is 5.69 Å². The summed E-state index contributed by atoms with van der Waals surface area (Å²) in [5.41, 5.74) is 2.01. The lowest BCUT2D eigenvalue weighted by molar-refractivity contribution is 0.0713. The highest BCUT2D eigenvalue weighted by atomic mass is 35.5. The number of hydrogen-bond donors (Lipinski definition) is 0. The minimum atomic E-state index is -0.0425. The molecule has 0 bridgehead atoms. The third-order valence-electron chi connectivity index (χ3n) is 4.54. The number of carbonyl (C=O) groups excluding carboxylic acids is 1. The van der Waals surface area contributed by atoms with Crippen molar-refractivity contribution >= 4 is 34.1 Å². The van der Waals surface area contributed by atoms with Crippen LogP contribution in [0.3, 0.4) is 0 Å². The maximum atomic E-state index is 12.5. The van der Waals surface area contributed by atoms with Crippen LogP contribution < -0.4 is 4.90 Å². The van der Waals surface area contributed by atoms with Gasteiger partial charge in [-0.25, -0.2) is 0 Å². The molecule has 5 nitrogen and oxygen atoms in total. The molecule has 3 heterocycles. The molecular formula is C19H18ClN3O2. The lowest BCUT2D eigenvalue weighted by Crippen LogP contribution is -2.48. The molecule has 128 valence electrons. The summed E-state index contributed by atoms with van der Waals surface area (Å²) in [7, 11) is 0. The van der Waals surface area contributed by atoms with Crippen LogP contribution in [-0.2, 0) is 0 Å². The van der Waals surface area contributed by atoms with Gasteiger partial charge in [0.15, 0.2) is 5.76 Å². The molecule has 1 aromatic carbocycles. The van der Waals surface area contributed by atoms with Gasteiger partial charge in [-0.2, -0.15) is 0 Å². The second-order valence-electron chi connectivity index (χ2n) is 6.18. The first-order valence-electron chi connectivity index (χ1n) is 8.27. The molecule has 1 amide bonds. The minimum Gasteiger partial charge on any atom is -0.456 e. The summed E-state index contributed by atoms with van der Waals surface area (Å²) in [4.78, 5) is 21.0. The molecule has 0 atom stereocenters. The van der Waals surface area contributed by atoms with Crippen LogP contribution in [0.1, 0.15) is 16.3 Å². The number of halogens is 1. The molecule has 0 saturated carbocycles. The Bertz CT molecular complexity index is 929. The monoisotopic (exact) mass is 355 g/mol. The number of carbonyl (C=O) groups is 1. The number of amides is 1. The Labute approximate surface area is 150 Å². The smallest absolute Gasteiger partial charge is 0.289 e. The normalized spacial score (nSPS) is 15.0. The van der Waals surface area contributed by atoms with Crippen molar-refractivity contribution in [1.82, 2.24) is 9.88 Å². The number of fused-ring (bicyclic) bond motifs is 1. The summed E-state index contributed by atoms with van der Waals surface area (Å²) in [6, 6.07) is 11.3. The topological polar surface area (TPSA) is 49.6 Å². The standard InChI is InChI=1S/C19H18ClN3O2/c1-13-2-5-18(25-13)19(24)23-10-8-22(9-11-23)17-6-7-21-16-12-14(20)3-4-15(16)17/h2-7,12H,8-11H2,1H3. The highest BCUT2D eigenvalue weighted by Crippen LogP contribution is 2.28. The maximum absolute atomic E-state index is 12.5. The molecule has 1 saturated heterocycles. The van der Waals surface area contributed by atoms with Crippen molar-refractivity contribution in [2.24, 2.45) is 0 Å². The molecule has 4 rings (SSSR count). The third-order valence-corrected chi connectivity index (χ3v) is 4.78. The SMILES string of the molecule is Cc1ccc(C(=O)N2CCN(c3ccnc4cc(Cl)ccc34)CC2)o1. The van der Waals surface area contributed by atoms with Crippen molar-refractivity contribution in [3.8, 4) is 0 Å². The van der Waals surface area contributed by atoms with E-state index in [1.165, 1.54) is 0 Å². The van der Waals surface area contributed by atoms with Crippen LogP contribution in [0.25, 0.3) is 10.9 Å². The summed E-state index contributed by atoms with van der Waals surface area (Å²) >= 11 is 6.06. The average molecular weight is 356 g/mol. The van der Waals surface area contributed by atoms with E-state index < -0.39 is 0 Å². The van der Waals surface area contributed by atoms with E-state index in [1.807, 2.05) is 42.2 Å². The molecule has 1 fully saturated rings. The lowest BCUT2D eigenvalue weighted by Gasteiger charge is -2.36. The Hall–Kier alpha value is -2.53. The van der Waals surface area contributed by atoms with E-state index in [-0.39, 0.29) is 5.91 Å². The first kappa shape index (κ1) is 16.0. The number of rotatable bonds is 2. The zero-order valence-corrected chi connectivity index (χ0v) is 14.7. The van der Waals surface area contributed by atoms with Gasteiger partial charge in [0, 0.05) is 48.5 Å². The molecule has 0 aliphatic carbocycles. The van der Waals surface area contributed by atoms with Crippen LogP contribution in [0.2, 0.25) is 5.02 Å². The molecule has 25 heavy (non-hydrogen) atoms. The van der Waals surface area contributed by atoms with E-state index in [1.54, 1.807) is 12.3 Å². The second kappa shape index (κ2) is 6.41. The number of aryl methyl sites for hydroxylation is 1. The van der Waals surface area contributed by atoms with E-state index in [2.05, 4.69) is 9.88 Å². The van der Waals surface area contributed by atoms with Gasteiger partial charge >= 0.3 is 0 Å². The number of anilines is 1. The zero-order valence-electron chi connectivity index (χ0n) is 13.9. The fraction of sp³-hybridized carbons (Fsp3) is 0.263. The number of piperazine rings is 1. The Morgan fingerprint density at radius 2 is 1.92 bits per heavy atom. The molecule has 6 heteroatoms. The fourth-order valence-electron chi connectivity index (χ4n) is 3.24. The zero-order chi connectivity index (χ0) is 17.4. The van der Waals surface area contributed by atoms with Gasteiger partial charge in [-0.15, -0.1) is 0 Å². The van der Waals surface area contributed by atoms with E-state index in [9.17, 15) is 4.79 Å². The number of nitrogens with zero attached hydrogens (tertiary/aromatic N) is 3. The lowest BCUT2D eigenvalue weighted by atomic mass is 10.1. The van der Waals surface area contributed by atoms with Crippen molar-refractivity contribution in [2.75, 3.05) is 31.1 Å². The molecule has 1 aliphatic heterocycles. The molecular weight excluding hydrogens is 338 g/mol. The van der Waals surface area contributed by atoms with Gasteiger partial charge in [0.25, 0.3) is 5.91 Å². The van der Waals surface area contributed by atoms with E-state index >= 15 is 0 Å². The summed E-state index contributed by atoms with van der Waals surface area (Å²) < 4.78 is 5.45. The van der Waals surface area contributed by atoms with Crippen LogP contribution in [-0.4, -0.2) is 42.0 Å². The summed E-state index contributed by atoms with van der Waals surface area (Å²) in [6.45, 7) is 4.71. The van der Waals surface area contributed by atoms with Gasteiger partial charge in [-0.1, -0.05) is 11.6 Å². The molecule has 1 aliphatic rings. The number of hydrogen-bond acceptors (Lipinski definition) is 4. The average Bonchev–Trinajstić information content (AvgIpc) is 3.07. The summed E-state index contributed by atoms with van der Waals surface area (Å²) in [5.74, 6) is 1.12. The molecule has 0 radical (unpaired) electrons. The fourth-order valence-corrected chi connectivity index (χ4v) is 3.40. The van der Waals surface area contributed by atoms with Crippen LogP contribution in [0.15, 0.2) is 47.0 Å². The predicted molar refractivity (Wildman–Crippen MR) is 98.3 cm³/mol. The predicted octanol–water partition coefficient (Wildman–Crippen LogP) is 3.75. The first-order chi connectivity index (χ1) is 12.1. The van der Waals surface area contributed by atoms with Gasteiger partial charge in [0.05, 0.1) is 5.52 Å². The molecule has 0 N–H and O–H groups in total. The van der Waals surface area contributed by atoms with Crippen molar-refractivity contribution in [2.45, 2.75) is 6.92 Å². The van der Waals surface area contributed by atoms with Gasteiger partial charge < -0.3 is 14.2 Å². The van der Waals surface area contributed by atoms with Gasteiger partial charge in [0.2, 0.25) is 0 Å². The van der Waals surface area contributed by atoms with E-state index in [0.717, 1.165) is 35.4 Å². The Kier molecular flexibility index (Phi) is 4.09. The van der Waals surface area contributed by atoms with Crippen LogP contribution >= 0.6 is 11.6 Å². The molecule has 0 spiro atoms. The summed E-state index contributed by atoms with van der Waals surface area (Å²) in [6.07, 6.45) is 1.80. The van der Waals surface area contributed by atoms with Crippen molar-refractivity contribution in [1.29, 1.82) is 0 Å².